The largest absolute Gasteiger partial charge is 0.354 e. The molecule has 2 amide bonds. The van der Waals surface area contributed by atoms with E-state index < -0.39 is 6.04 Å². The van der Waals surface area contributed by atoms with Crippen molar-refractivity contribution in [2.75, 3.05) is 12.3 Å². The quantitative estimate of drug-likeness (QED) is 0.515. The highest BCUT2D eigenvalue weighted by Crippen LogP contribution is 2.19. The Labute approximate surface area is 189 Å². The molecule has 0 spiro atoms. The zero-order chi connectivity index (χ0) is 21.9. The van der Waals surface area contributed by atoms with Gasteiger partial charge in [-0.15, -0.1) is 11.8 Å². The van der Waals surface area contributed by atoms with Crippen LogP contribution in [0, 0.1) is 6.92 Å². The van der Waals surface area contributed by atoms with Crippen molar-refractivity contribution in [2.24, 2.45) is 0 Å². The summed E-state index contributed by atoms with van der Waals surface area (Å²) in [5.41, 5.74) is 3.32. The van der Waals surface area contributed by atoms with E-state index in [-0.39, 0.29) is 11.8 Å². The minimum absolute atomic E-state index is 0.0203. The molecular formula is C24H31ClN2O2S. The summed E-state index contributed by atoms with van der Waals surface area (Å²) in [6, 6.07) is 15.3. The molecular weight excluding hydrogens is 416 g/mol. The lowest BCUT2D eigenvalue weighted by molar-refractivity contribution is -0.139. The molecule has 1 atom stereocenters. The minimum Gasteiger partial charge on any atom is -0.354 e. The zero-order valence-corrected chi connectivity index (χ0v) is 19.6. The Morgan fingerprint density at radius 3 is 2.27 bits per heavy atom. The number of carbonyl (C=O) groups is 2. The number of hydrogen-bond donors (Lipinski definition) is 1. The molecule has 0 fully saturated rings. The Bertz CT molecular complexity index is 809. The van der Waals surface area contributed by atoms with Gasteiger partial charge in [-0.1, -0.05) is 67.4 Å². The fourth-order valence-corrected chi connectivity index (χ4v) is 4.09. The van der Waals surface area contributed by atoms with Gasteiger partial charge in [-0.3, -0.25) is 9.59 Å². The molecule has 30 heavy (non-hydrogen) atoms. The highest BCUT2D eigenvalue weighted by Gasteiger charge is 2.28. The summed E-state index contributed by atoms with van der Waals surface area (Å²) in [5, 5.41) is 3.65. The average Bonchev–Trinajstić information content (AvgIpc) is 2.74. The van der Waals surface area contributed by atoms with E-state index in [0.717, 1.165) is 23.3 Å². The SMILES string of the molecule is CCCNC(=O)[C@@H](CC)N(Cc1ccc(C)cc1)C(=O)CSCc1ccc(Cl)cc1. The molecule has 2 rings (SSSR count). The van der Waals surface area contributed by atoms with Crippen LogP contribution in [0.25, 0.3) is 0 Å². The van der Waals surface area contributed by atoms with Gasteiger partial charge in [0.15, 0.2) is 0 Å². The fourth-order valence-electron chi connectivity index (χ4n) is 3.10. The number of nitrogens with zero attached hydrogens (tertiary/aromatic N) is 1. The molecule has 0 radical (unpaired) electrons. The monoisotopic (exact) mass is 446 g/mol. The standard InChI is InChI=1S/C24H31ClN2O2S/c1-4-14-26-24(29)22(5-2)27(15-19-8-6-18(3)7-9-19)23(28)17-30-16-20-10-12-21(25)13-11-20/h6-13,22H,4-5,14-17H2,1-3H3,(H,26,29)/t22-/m1/s1. The molecule has 2 aromatic rings. The van der Waals surface area contributed by atoms with Crippen molar-refractivity contribution < 1.29 is 9.59 Å². The maximum atomic E-state index is 13.1. The predicted molar refractivity (Wildman–Crippen MR) is 127 cm³/mol. The maximum absolute atomic E-state index is 13.1. The third-order valence-corrected chi connectivity index (χ3v) is 6.06. The van der Waals surface area contributed by atoms with Gasteiger partial charge in [0.25, 0.3) is 0 Å². The summed E-state index contributed by atoms with van der Waals surface area (Å²) in [5.74, 6) is 0.946. The third kappa shape index (κ3) is 7.69. The predicted octanol–water partition coefficient (Wildman–Crippen LogP) is 5.22. The molecule has 1 N–H and O–H groups in total. The van der Waals surface area contributed by atoms with E-state index in [9.17, 15) is 9.59 Å². The van der Waals surface area contributed by atoms with Crippen molar-refractivity contribution in [2.45, 2.75) is 52.0 Å². The molecule has 2 aromatic carbocycles. The lowest BCUT2D eigenvalue weighted by Gasteiger charge is -2.30. The molecule has 162 valence electrons. The van der Waals surface area contributed by atoms with E-state index in [1.54, 1.807) is 16.7 Å². The summed E-state index contributed by atoms with van der Waals surface area (Å²) in [4.78, 5) is 27.6. The van der Waals surface area contributed by atoms with Crippen LogP contribution in [-0.2, 0) is 21.9 Å². The molecule has 0 unspecified atom stereocenters. The Morgan fingerprint density at radius 2 is 1.67 bits per heavy atom. The highest BCUT2D eigenvalue weighted by atomic mass is 35.5. The molecule has 4 nitrogen and oxygen atoms in total. The number of rotatable bonds is 11. The van der Waals surface area contributed by atoms with Crippen molar-refractivity contribution in [1.29, 1.82) is 0 Å². The van der Waals surface area contributed by atoms with Crippen molar-refractivity contribution >= 4 is 35.2 Å². The van der Waals surface area contributed by atoms with Crippen LogP contribution >= 0.6 is 23.4 Å². The van der Waals surface area contributed by atoms with Crippen LogP contribution in [0.2, 0.25) is 5.02 Å². The fraction of sp³-hybridized carbons (Fsp3) is 0.417. The molecule has 6 heteroatoms. The second-order valence-electron chi connectivity index (χ2n) is 7.34. The highest BCUT2D eigenvalue weighted by molar-refractivity contribution is 7.99. The van der Waals surface area contributed by atoms with E-state index in [1.165, 1.54) is 5.56 Å². The van der Waals surface area contributed by atoms with Crippen LogP contribution in [0.3, 0.4) is 0 Å². The Hall–Kier alpha value is -1.98. The molecule has 0 aromatic heterocycles. The van der Waals surface area contributed by atoms with Gasteiger partial charge in [-0.2, -0.15) is 0 Å². The number of aryl methyl sites for hydroxylation is 1. The molecule has 0 saturated carbocycles. The first-order chi connectivity index (χ1) is 14.4. The van der Waals surface area contributed by atoms with Gasteiger partial charge in [-0.05, 0) is 43.0 Å². The van der Waals surface area contributed by atoms with Crippen LogP contribution in [0.5, 0.6) is 0 Å². The van der Waals surface area contributed by atoms with Crippen molar-refractivity contribution in [3.8, 4) is 0 Å². The van der Waals surface area contributed by atoms with Gasteiger partial charge in [0.2, 0.25) is 11.8 Å². The van der Waals surface area contributed by atoms with E-state index in [2.05, 4.69) is 5.32 Å². The second kappa shape index (κ2) is 12.7. The third-order valence-electron chi connectivity index (χ3n) is 4.82. The number of hydrogen-bond acceptors (Lipinski definition) is 3. The summed E-state index contributed by atoms with van der Waals surface area (Å²) in [6.45, 7) is 7.05. The van der Waals surface area contributed by atoms with E-state index >= 15 is 0 Å². The molecule has 0 saturated heterocycles. The van der Waals surface area contributed by atoms with Crippen LogP contribution < -0.4 is 5.32 Å². The Morgan fingerprint density at radius 1 is 1.03 bits per heavy atom. The topological polar surface area (TPSA) is 49.4 Å². The molecule has 0 aliphatic carbocycles. The first-order valence-corrected chi connectivity index (χ1v) is 11.9. The number of carbonyl (C=O) groups excluding carboxylic acids is 2. The van der Waals surface area contributed by atoms with Gasteiger partial charge in [0.05, 0.1) is 5.75 Å². The number of nitrogens with one attached hydrogen (secondary N) is 1. The molecule has 0 aliphatic heterocycles. The van der Waals surface area contributed by atoms with Crippen molar-refractivity contribution in [3.63, 3.8) is 0 Å². The van der Waals surface area contributed by atoms with Gasteiger partial charge < -0.3 is 10.2 Å². The summed E-state index contributed by atoms with van der Waals surface area (Å²) in [7, 11) is 0. The second-order valence-corrected chi connectivity index (χ2v) is 8.76. The smallest absolute Gasteiger partial charge is 0.242 e. The summed E-state index contributed by atoms with van der Waals surface area (Å²) in [6.07, 6.45) is 1.44. The zero-order valence-electron chi connectivity index (χ0n) is 18.0. The average molecular weight is 447 g/mol. The molecule has 0 heterocycles. The van der Waals surface area contributed by atoms with Gasteiger partial charge in [-0.25, -0.2) is 0 Å². The lowest BCUT2D eigenvalue weighted by atomic mass is 10.1. The van der Waals surface area contributed by atoms with Crippen molar-refractivity contribution in [1.82, 2.24) is 10.2 Å². The summed E-state index contributed by atoms with van der Waals surface area (Å²) < 4.78 is 0. The van der Waals surface area contributed by atoms with Crippen LogP contribution in [0.15, 0.2) is 48.5 Å². The molecule has 0 bridgehead atoms. The minimum atomic E-state index is -0.471. The van der Waals surface area contributed by atoms with E-state index in [1.807, 2.05) is 69.3 Å². The van der Waals surface area contributed by atoms with Crippen LogP contribution in [0.1, 0.15) is 43.4 Å². The van der Waals surface area contributed by atoms with Gasteiger partial charge in [0.1, 0.15) is 6.04 Å². The maximum Gasteiger partial charge on any atom is 0.242 e. The van der Waals surface area contributed by atoms with Crippen LogP contribution in [-0.4, -0.2) is 35.1 Å². The number of benzene rings is 2. The Kier molecular flexibility index (Phi) is 10.2. The van der Waals surface area contributed by atoms with E-state index in [0.29, 0.717) is 30.3 Å². The van der Waals surface area contributed by atoms with Crippen LogP contribution in [0.4, 0.5) is 0 Å². The van der Waals surface area contributed by atoms with E-state index in [4.69, 9.17) is 11.6 Å². The molecule has 0 aliphatic rings. The number of halogens is 1. The Balaban J connectivity index is 2.09. The first-order valence-electron chi connectivity index (χ1n) is 10.4. The normalized spacial score (nSPS) is 11.7. The summed E-state index contributed by atoms with van der Waals surface area (Å²) >= 11 is 7.49. The lowest BCUT2D eigenvalue weighted by Crippen LogP contribution is -2.49. The number of thioether (sulfide) groups is 1. The number of amides is 2. The van der Waals surface area contributed by atoms with Gasteiger partial charge >= 0.3 is 0 Å². The van der Waals surface area contributed by atoms with Gasteiger partial charge in [0, 0.05) is 23.9 Å². The van der Waals surface area contributed by atoms with Crippen molar-refractivity contribution in [3.05, 3.63) is 70.2 Å². The first kappa shape index (κ1) is 24.3.